The van der Waals surface area contributed by atoms with E-state index in [-0.39, 0.29) is 32.2 Å². The largest absolute Gasteiger partial charge is 0.495 e. The summed E-state index contributed by atoms with van der Waals surface area (Å²) in [5.74, 6) is 0.334. The second kappa shape index (κ2) is 12.5. The van der Waals surface area contributed by atoms with Crippen molar-refractivity contribution < 1.29 is 56.5 Å². The second-order valence-corrected chi connectivity index (χ2v) is 9.69. The normalized spacial score (nSPS) is 11.4. The topological polar surface area (TPSA) is 167 Å². The van der Waals surface area contributed by atoms with Crippen LogP contribution in [0.15, 0.2) is 69.3 Å². The Morgan fingerprint density at radius 3 is 2.03 bits per heavy atom. The minimum atomic E-state index is -4.53. The number of hydrogen-bond acceptors (Lipinski definition) is 13. The van der Waals surface area contributed by atoms with Crippen LogP contribution in [0.1, 0.15) is 21.5 Å². The number of benzene rings is 3. The molecule has 0 aliphatic heterocycles. The minimum Gasteiger partial charge on any atom is -0.495 e. The molecule has 3 aromatic carbocycles. The van der Waals surface area contributed by atoms with Crippen LogP contribution in [0.4, 0.5) is 0 Å². The highest BCUT2D eigenvalue weighted by molar-refractivity contribution is 7.95. The predicted octanol–water partition coefficient (Wildman–Crippen LogP) is 5.13. The van der Waals surface area contributed by atoms with Gasteiger partial charge >= 0.3 is 0 Å². The summed E-state index contributed by atoms with van der Waals surface area (Å²) in [5.41, 5.74) is 0.409. The molecule has 192 valence electrons. The number of ketones is 1. The van der Waals surface area contributed by atoms with E-state index in [4.69, 9.17) is 20.0 Å². The zero-order chi connectivity index (χ0) is 26.3. The van der Waals surface area contributed by atoms with Crippen LogP contribution in [0.25, 0.3) is 0 Å². The highest BCUT2D eigenvalue weighted by atomic mass is 32.2. The third-order valence-electron chi connectivity index (χ3n) is 4.61. The maximum Gasteiger partial charge on any atom is 0.294 e. The molecule has 36 heavy (non-hydrogen) atoms. The number of methoxy groups -OCH3 is 1. The molecular weight excluding hydrogens is 540 g/mol. The zero-order valence-corrected chi connectivity index (χ0v) is 20.9. The number of ether oxygens (including phenoxy) is 2. The Bertz CT molecular complexity index is 1340. The van der Waals surface area contributed by atoms with Gasteiger partial charge in [0.25, 0.3) is 10.1 Å². The number of rotatable bonds is 12. The lowest BCUT2D eigenvalue weighted by atomic mass is 10.0. The van der Waals surface area contributed by atoms with Gasteiger partial charge in [0.05, 0.1) is 45.9 Å². The molecule has 0 bridgehead atoms. The van der Waals surface area contributed by atoms with Crippen molar-refractivity contribution in [3.8, 4) is 17.2 Å². The van der Waals surface area contributed by atoms with Crippen LogP contribution < -0.4 is 9.47 Å². The van der Waals surface area contributed by atoms with E-state index < -0.39 is 15.9 Å². The predicted molar refractivity (Wildman–Crippen MR) is 125 cm³/mol. The molecule has 15 heteroatoms. The van der Waals surface area contributed by atoms with E-state index in [1.807, 2.05) is 0 Å². The van der Waals surface area contributed by atoms with E-state index in [1.54, 1.807) is 12.1 Å². The molecule has 0 aliphatic carbocycles. The molecule has 0 heterocycles. The monoisotopic (exact) mass is 558 g/mol. The minimum absolute atomic E-state index is 0.0140. The van der Waals surface area contributed by atoms with Crippen LogP contribution in [0.5, 0.6) is 17.2 Å². The summed E-state index contributed by atoms with van der Waals surface area (Å²) in [5, 5.41) is 24.2. The van der Waals surface area contributed by atoms with Gasteiger partial charge in [-0.15, -0.1) is 8.67 Å². The lowest BCUT2D eigenvalue weighted by Crippen LogP contribution is -2.06. The van der Waals surface area contributed by atoms with E-state index in [0.29, 0.717) is 40.5 Å². The first-order valence-corrected chi connectivity index (χ1v) is 12.5. The van der Waals surface area contributed by atoms with Gasteiger partial charge in [-0.05, 0) is 48.9 Å². The van der Waals surface area contributed by atoms with Gasteiger partial charge in [-0.3, -0.25) is 9.35 Å². The van der Waals surface area contributed by atoms with Crippen molar-refractivity contribution in [2.75, 3.05) is 7.11 Å². The molecule has 0 saturated heterocycles. The number of carbonyl (C=O) groups is 1. The van der Waals surface area contributed by atoms with Gasteiger partial charge < -0.3 is 9.47 Å². The molecule has 12 nitrogen and oxygen atoms in total. The molecule has 0 fully saturated rings. The lowest BCUT2D eigenvalue weighted by Gasteiger charge is -2.13. The highest BCUT2D eigenvalue weighted by Crippen LogP contribution is 2.38. The maximum atomic E-state index is 13.0. The van der Waals surface area contributed by atoms with E-state index in [1.165, 1.54) is 50.4 Å². The Balaban J connectivity index is 1.95. The fraction of sp³-hybridized carbons (Fsp3) is 0.0952. The summed E-state index contributed by atoms with van der Waals surface area (Å²) in [7, 11) is -3.10. The molecule has 3 aromatic rings. The fourth-order valence-corrected chi connectivity index (χ4v) is 4.72. The van der Waals surface area contributed by atoms with E-state index >= 15 is 0 Å². The van der Waals surface area contributed by atoms with Crippen molar-refractivity contribution in [1.29, 1.82) is 0 Å². The van der Waals surface area contributed by atoms with Crippen LogP contribution in [0.3, 0.4) is 0 Å². The first-order chi connectivity index (χ1) is 17.2. The molecule has 0 aliphatic rings. The Kier molecular flexibility index (Phi) is 9.69. The molecule has 0 spiro atoms. The Morgan fingerprint density at radius 2 is 1.42 bits per heavy atom. The smallest absolute Gasteiger partial charge is 0.294 e. The summed E-state index contributed by atoms with van der Waals surface area (Å²) >= 11 is 1.19. The molecular formula is C21H18O12S3. The molecule has 0 unspecified atom stereocenters. The standard InChI is InChI=1S/C21H18O12S3/c1-12-3-4-14(10-20(12)36(25,26)27)21(22)13-5-7-17(18(9-13)34-32-30-23)29-15-6-8-16(28-2)19(11-15)35-33-31-24/h3-11,23-24H,1-2H3,(H,25,26,27). The maximum absolute atomic E-state index is 13.0. The van der Waals surface area contributed by atoms with Crippen LogP contribution in [0.2, 0.25) is 0 Å². The molecule has 0 atom stereocenters. The van der Waals surface area contributed by atoms with Crippen molar-refractivity contribution in [2.24, 2.45) is 0 Å². The van der Waals surface area contributed by atoms with Crippen molar-refractivity contribution in [2.45, 2.75) is 21.6 Å². The van der Waals surface area contributed by atoms with Gasteiger partial charge in [0.2, 0.25) is 0 Å². The summed E-state index contributed by atoms with van der Waals surface area (Å²) in [6, 6.07) is 12.8. The molecule has 3 N–H and O–H groups in total. The van der Waals surface area contributed by atoms with E-state index in [2.05, 4.69) is 18.7 Å². The molecule has 0 saturated carbocycles. The molecule has 3 rings (SSSR count). The van der Waals surface area contributed by atoms with E-state index in [9.17, 15) is 17.8 Å². The van der Waals surface area contributed by atoms with Gasteiger partial charge in [0.15, 0.2) is 5.78 Å². The summed E-state index contributed by atoms with van der Waals surface area (Å²) < 4.78 is 52.6. The average Bonchev–Trinajstić information content (AvgIpc) is 2.86. The third kappa shape index (κ3) is 6.95. The van der Waals surface area contributed by atoms with Crippen LogP contribution in [-0.2, 0) is 28.9 Å². The third-order valence-corrected chi connectivity index (χ3v) is 6.86. The molecule has 0 aromatic heterocycles. The van der Waals surface area contributed by atoms with Crippen molar-refractivity contribution >= 4 is 40.0 Å². The van der Waals surface area contributed by atoms with Crippen LogP contribution in [-0.4, -0.2) is 36.4 Å². The Hall–Kier alpha value is -2.70. The zero-order valence-electron chi connectivity index (χ0n) is 18.4. The van der Waals surface area contributed by atoms with Crippen LogP contribution >= 0.6 is 24.1 Å². The SMILES string of the molecule is COc1ccc(Oc2ccc(C(=O)c3ccc(C)c(S(=O)(=O)O)c3)cc2SOOO)cc1SOOO. The van der Waals surface area contributed by atoms with Gasteiger partial charge in [-0.25, -0.2) is 10.5 Å². The highest BCUT2D eigenvalue weighted by Gasteiger charge is 2.19. The Labute approximate surface area is 213 Å². The van der Waals surface area contributed by atoms with Gasteiger partial charge in [0, 0.05) is 17.2 Å². The average molecular weight is 559 g/mol. The van der Waals surface area contributed by atoms with Gasteiger partial charge in [-0.1, -0.05) is 22.2 Å². The summed E-state index contributed by atoms with van der Waals surface area (Å²) in [4.78, 5) is 13.3. The Morgan fingerprint density at radius 1 is 0.833 bits per heavy atom. The van der Waals surface area contributed by atoms with Crippen molar-refractivity contribution in [3.05, 3.63) is 71.3 Å². The fourth-order valence-electron chi connectivity index (χ4n) is 3.00. The lowest BCUT2D eigenvalue weighted by molar-refractivity contribution is -0.432. The van der Waals surface area contributed by atoms with Gasteiger partial charge in [0.1, 0.15) is 17.2 Å². The second-order valence-electron chi connectivity index (χ2n) is 6.81. The number of hydrogen-bond donors (Lipinski definition) is 3. The van der Waals surface area contributed by atoms with Gasteiger partial charge in [-0.2, -0.15) is 8.42 Å². The number of carbonyl (C=O) groups excluding carboxylic acids is 1. The van der Waals surface area contributed by atoms with Crippen LogP contribution in [0, 0.1) is 6.92 Å². The first-order valence-electron chi connectivity index (χ1n) is 9.60. The van der Waals surface area contributed by atoms with Crippen molar-refractivity contribution in [1.82, 2.24) is 0 Å². The van der Waals surface area contributed by atoms with Crippen molar-refractivity contribution in [3.63, 3.8) is 0 Å². The first kappa shape index (κ1) is 27.9. The summed E-state index contributed by atoms with van der Waals surface area (Å²) in [6.07, 6.45) is 0. The number of aryl methyl sites for hydroxylation is 1. The summed E-state index contributed by atoms with van der Waals surface area (Å²) in [6.45, 7) is 1.48. The molecule has 0 amide bonds. The van der Waals surface area contributed by atoms with E-state index in [0.717, 1.165) is 6.07 Å². The quantitative estimate of drug-likeness (QED) is 0.0879. The molecule has 0 radical (unpaired) electrons.